The maximum absolute atomic E-state index is 11.3. The van der Waals surface area contributed by atoms with E-state index in [1.807, 2.05) is 4.57 Å². The Bertz CT molecular complexity index is 515. The molecule has 0 bridgehead atoms. The zero-order valence-electron chi connectivity index (χ0n) is 10.9. The van der Waals surface area contributed by atoms with Gasteiger partial charge in [-0.1, -0.05) is 31.5 Å². The Kier molecular flexibility index (Phi) is 4.63. The summed E-state index contributed by atoms with van der Waals surface area (Å²) in [5.41, 5.74) is -0.312. The molecule has 5 nitrogen and oxygen atoms in total. The van der Waals surface area contributed by atoms with Gasteiger partial charge in [-0.2, -0.15) is 4.98 Å². The van der Waals surface area contributed by atoms with Crippen molar-refractivity contribution in [3.63, 3.8) is 0 Å². The molecule has 2 rings (SSSR count). The van der Waals surface area contributed by atoms with Crippen molar-refractivity contribution in [1.82, 2.24) is 9.55 Å². The molecule has 0 radical (unpaired) electrons. The summed E-state index contributed by atoms with van der Waals surface area (Å²) >= 11 is 1.12. The van der Waals surface area contributed by atoms with Crippen LogP contribution in [0.25, 0.3) is 0 Å². The lowest BCUT2D eigenvalue weighted by atomic mass is 9.87. The topological polar surface area (TPSA) is 72.2 Å². The molecule has 2 unspecified atom stereocenters. The van der Waals surface area contributed by atoms with Crippen molar-refractivity contribution in [3.05, 3.63) is 22.6 Å². The molecule has 0 amide bonds. The molecule has 0 spiro atoms. The van der Waals surface area contributed by atoms with Gasteiger partial charge in [-0.25, -0.2) is 0 Å². The van der Waals surface area contributed by atoms with Crippen molar-refractivity contribution in [2.75, 3.05) is 5.75 Å². The minimum absolute atomic E-state index is 0.0707. The van der Waals surface area contributed by atoms with Gasteiger partial charge in [0, 0.05) is 18.3 Å². The van der Waals surface area contributed by atoms with Gasteiger partial charge in [-0.3, -0.25) is 9.59 Å². The van der Waals surface area contributed by atoms with Crippen LogP contribution in [0.3, 0.4) is 0 Å². The zero-order valence-corrected chi connectivity index (χ0v) is 11.7. The third kappa shape index (κ3) is 3.83. The molecule has 1 aromatic heterocycles. The standard InChI is InChI=1S/C13H18N2O3S/c1-9-3-2-4-10(7-9)15-6-5-11(16)14-13(15)19-8-12(17)18/h5-6,9-10H,2-4,7-8H2,1H3,(H,17,18). The molecule has 1 fully saturated rings. The Balaban J connectivity index is 2.22. The number of carboxylic acids is 1. The Morgan fingerprint density at radius 3 is 3.05 bits per heavy atom. The Morgan fingerprint density at radius 1 is 1.58 bits per heavy atom. The predicted octanol–water partition coefficient (Wildman–Crippen LogP) is 2.17. The van der Waals surface area contributed by atoms with Gasteiger partial charge in [0.25, 0.3) is 5.56 Å². The van der Waals surface area contributed by atoms with Gasteiger partial charge >= 0.3 is 5.97 Å². The minimum Gasteiger partial charge on any atom is -0.481 e. The number of nitrogens with zero attached hydrogens (tertiary/aromatic N) is 2. The highest BCUT2D eigenvalue weighted by Crippen LogP contribution is 2.33. The smallest absolute Gasteiger partial charge is 0.313 e. The van der Waals surface area contributed by atoms with Crippen LogP contribution < -0.4 is 5.56 Å². The third-order valence-electron chi connectivity index (χ3n) is 3.43. The highest BCUT2D eigenvalue weighted by Gasteiger charge is 2.22. The minimum atomic E-state index is -0.897. The Hall–Kier alpha value is -1.30. The second-order valence-electron chi connectivity index (χ2n) is 5.06. The first kappa shape index (κ1) is 14.1. The summed E-state index contributed by atoms with van der Waals surface area (Å²) in [7, 11) is 0. The van der Waals surface area contributed by atoms with Crippen LogP contribution in [-0.2, 0) is 4.79 Å². The van der Waals surface area contributed by atoms with Crippen LogP contribution in [0.4, 0.5) is 0 Å². The van der Waals surface area contributed by atoms with Crippen molar-refractivity contribution in [2.45, 2.75) is 43.8 Å². The average Bonchev–Trinajstić information content (AvgIpc) is 2.36. The molecule has 19 heavy (non-hydrogen) atoms. The highest BCUT2D eigenvalue weighted by atomic mass is 32.2. The molecule has 104 valence electrons. The van der Waals surface area contributed by atoms with Crippen LogP contribution in [0.15, 0.2) is 22.2 Å². The van der Waals surface area contributed by atoms with Gasteiger partial charge in [0.1, 0.15) is 0 Å². The van der Waals surface area contributed by atoms with Gasteiger partial charge in [0.15, 0.2) is 5.16 Å². The van der Waals surface area contributed by atoms with E-state index in [2.05, 4.69) is 11.9 Å². The Labute approximate surface area is 116 Å². The van der Waals surface area contributed by atoms with E-state index in [4.69, 9.17) is 5.11 Å². The number of thioether (sulfide) groups is 1. The molecule has 1 aliphatic carbocycles. The predicted molar refractivity (Wildman–Crippen MR) is 73.5 cm³/mol. The van der Waals surface area contributed by atoms with Gasteiger partial charge in [-0.05, 0) is 18.8 Å². The van der Waals surface area contributed by atoms with E-state index in [1.54, 1.807) is 6.20 Å². The molecular formula is C13H18N2O3S. The summed E-state index contributed by atoms with van der Waals surface area (Å²) in [4.78, 5) is 26.0. The van der Waals surface area contributed by atoms with Gasteiger partial charge < -0.3 is 9.67 Å². The van der Waals surface area contributed by atoms with Crippen molar-refractivity contribution in [2.24, 2.45) is 5.92 Å². The first-order valence-corrected chi connectivity index (χ1v) is 7.48. The largest absolute Gasteiger partial charge is 0.481 e. The van der Waals surface area contributed by atoms with Gasteiger partial charge in [-0.15, -0.1) is 0 Å². The summed E-state index contributed by atoms with van der Waals surface area (Å²) in [6.45, 7) is 2.23. The van der Waals surface area contributed by atoms with Gasteiger partial charge in [0.2, 0.25) is 0 Å². The molecule has 0 saturated heterocycles. The third-order valence-corrected chi connectivity index (χ3v) is 4.38. The quantitative estimate of drug-likeness (QED) is 0.677. The van der Waals surface area contributed by atoms with Crippen molar-refractivity contribution in [1.29, 1.82) is 0 Å². The molecule has 2 atom stereocenters. The fraction of sp³-hybridized carbons (Fsp3) is 0.615. The molecule has 1 aromatic rings. The number of aliphatic carboxylic acids is 1. The van der Waals surface area contributed by atoms with Crippen LogP contribution in [0.2, 0.25) is 0 Å². The van der Waals surface area contributed by atoms with E-state index in [0.717, 1.165) is 24.6 Å². The van der Waals surface area contributed by atoms with Crippen LogP contribution >= 0.6 is 11.8 Å². The zero-order chi connectivity index (χ0) is 13.8. The highest BCUT2D eigenvalue weighted by molar-refractivity contribution is 7.99. The summed E-state index contributed by atoms with van der Waals surface area (Å²) in [5, 5.41) is 9.27. The van der Waals surface area contributed by atoms with Crippen molar-refractivity contribution in [3.8, 4) is 0 Å². The SMILES string of the molecule is CC1CCCC(n2ccc(=O)nc2SCC(=O)O)C1. The van der Waals surface area contributed by atoms with E-state index in [0.29, 0.717) is 17.1 Å². The van der Waals surface area contributed by atoms with E-state index in [9.17, 15) is 9.59 Å². The molecule has 1 saturated carbocycles. The second-order valence-corrected chi connectivity index (χ2v) is 6.01. The average molecular weight is 282 g/mol. The first-order valence-electron chi connectivity index (χ1n) is 6.50. The number of hydrogen-bond acceptors (Lipinski definition) is 4. The molecule has 1 aliphatic rings. The summed E-state index contributed by atoms with van der Waals surface area (Å²) in [6, 6.07) is 1.78. The second kappa shape index (κ2) is 6.23. The lowest BCUT2D eigenvalue weighted by Gasteiger charge is -2.29. The fourth-order valence-electron chi connectivity index (χ4n) is 2.56. The van der Waals surface area contributed by atoms with Crippen LogP contribution in [0, 0.1) is 5.92 Å². The first-order chi connectivity index (χ1) is 9.06. The van der Waals surface area contributed by atoms with Crippen LogP contribution in [-0.4, -0.2) is 26.4 Å². The molecule has 0 aromatic carbocycles. The summed E-state index contributed by atoms with van der Waals surface area (Å²) < 4.78 is 1.98. The summed E-state index contributed by atoms with van der Waals surface area (Å²) in [5.74, 6) is -0.305. The van der Waals surface area contributed by atoms with Crippen LogP contribution in [0.1, 0.15) is 38.6 Å². The summed E-state index contributed by atoms with van der Waals surface area (Å²) in [6.07, 6.45) is 6.28. The molecule has 0 aliphatic heterocycles. The van der Waals surface area contributed by atoms with E-state index >= 15 is 0 Å². The molecule has 1 heterocycles. The lowest BCUT2D eigenvalue weighted by Crippen LogP contribution is -2.22. The monoisotopic (exact) mass is 282 g/mol. The maximum atomic E-state index is 11.3. The number of hydrogen-bond donors (Lipinski definition) is 1. The Morgan fingerprint density at radius 2 is 2.37 bits per heavy atom. The fourth-order valence-corrected chi connectivity index (χ4v) is 3.33. The lowest BCUT2D eigenvalue weighted by molar-refractivity contribution is -0.133. The van der Waals surface area contributed by atoms with E-state index < -0.39 is 5.97 Å². The number of carboxylic acid groups (broad SMARTS) is 1. The number of rotatable bonds is 4. The normalized spacial score (nSPS) is 23.2. The van der Waals surface area contributed by atoms with Crippen LogP contribution in [0.5, 0.6) is 0 Å². The molecule has 6 heteroatoms. The van der Waals surface area contributed by atoms with Gasteiger partial charge in [0.05, 0.1) is 5.75 Å². The number of carbonyl (C=O) groups is 1. The van der Waals surface area contributed by atoms with Crippen molar-refractivity contribution < 1.29 is 9.90 Å². The molecular weight excluding hydrogens is 264 g/mol. The van der Waals surface area contributed by atoms with E-state index in [1.165, 1.54) is 18.9 Å². The maximum Gasteiger partial charge on any atom is 0.313 e. The van der Waals surface area contributed by atoms with Crippen molar-refractivity contribution >= 4 is 17.7 Å². The molecule has 1 N–H and O–H groups in total. The van der Waals surface area contributed by atoms with E-state index in [-0.39, 0.29) is 11.3 Å². The number of aromatic nitrogens is 2.